The van der Waals surface area contributed by atoms with Crippen LogP contribution in [0.2, 0.25) is 0 Å². The van der Waals surface area contributed by atoms with Crippen molar-refractivity contribution in [2.24, 2.45) is 0 Å². The Morgan fingerprint density at radius 1 is 1.37 bits per heavy atom. The summed E-state index contributed by atoms with van der Waals surface area (Å²) in [5.41, 5.74) is 0.852. The molecule has 1 heterocycles. The molecule has 0 saturated carbocycles. The number of aliphatic carboxylic acids is 2. The van der Waals surface area contributed by atoms with Gasteiger partial charge in [0.2, 0.25) is 0 Å². The minimum Gasteiger partial charge on any atom is -0.481 e. The van der Waals surface area contributed by atoms with E-state index in [1.807, 2.05) is 13.0 Å². The van der Waals surface area contributed by atoms with Gasteiger partial charge in [-0.25, -0.2) is 4.79 Å². The van der Waals surface area contributed by atoms with E-state index >= 15 is 0 Å². The maximum Gasteiger partial charge on any atom is 0.326 e. The van der Waals surface area contributed by atoms with E-state index in [1.165, 1.54) is 11.3 Å². The van der Waals surface area contributed by atoms with Crippen LogP contribution in [0.1, 0.15) is 35.0 Å². The SMILES string of the molecule is CCc1ccsc1C(=O)N[C@@H](CCC(=O)O)C(=O)O. The molecule has 0 saturated heterocycles. The first-order valence-corrected chi connectivity index (χ1v) is 6.65. The van der Waals surface area contributed by atoms with E-state index in [9.17, 15) is 14.4 Å². The van der Waals surface area contributed by atoms with Crippen LogP contribution >= 0.6 is 11.3 Å². The minimum atomic E-state index is -1.23. The molecule has 0 spiro atoms. The van der Waals surface area contributed by atoms with Crippen molar-refractivity contribution in [1.82, 2.24) is 5.32 Å². The van der Waals surface area contributed by atoms with Crippen molar-refractivity contribution in [3.63, 3.8) is 0 Å². The van der Waals surface area contributed by atoms with Crippen molar-refractivity contribution in [2.45, 2.75) is 32.2 Å². The molecule has 0 fully saturated rings. The summed E-state index contributed by atoms with van der Waals surface area (Å²) >= 11 is 1.24. The normalized spacial score (nSPS) is 11.8. The van der Waals surface area contributed by atoms with Gasteiger partial charge in [0.1, 0.15) is 6.04 Å². The maximum atomic E-state index is 11.9. The second kappa shape index (κ2) is 6.89. The number of thiophene rings is 1. The summed E-state index contributed by atoms with van der Waals surface area (Å²) in [6.45, 7) is 1.90. The molecular weight excluding hydrogens is 270 g/mol. The van der Waals surface area contributed by atoms with E-state index in [2.05, 4.69) is 5.32 Å². The number of nitrogens with one attached hydrogen (secondary N) is 1. The van der Waals surface area contributed by atoms with Gasteiger partial charge in [-0.15, -0.1) is 11.3 Å². The summed E-state index contributed by atoms with van der Waals surface area (Å²) in [6.07, 6.45) is 0.241. The van der Waals surface area contributed by atoms with Crippen molar-refractivity contribution in [3.05, 3.63) is 21.9 Å². The summed E-state index contributed by atoms with van der Waals surface area (Å²) in [7, 11) is 0. The second-order valence-electron chi connectivity index (χ2n) is 3.93. The molecule has 1 atom stereocenters. The van der Waals surface area contributed by atoms with Crippen LogP contribution in [0, 0.1) is 0 Å². The molecule has 104 valence electrons. The summed E-state index contributed by atoms with van der Waals surface area (Å²) in [4.78, 5) is 33.8. The Hall–Kier alpha value is -1.89. The maximum absolute atomic E-state index is 11.9. The zero-order valence-electron chi connectivity index (χ0n) is 10.4. The quantitative estimate of drug-likeness (QED) is 0.701. The van der Waals surface area contributed by atoms with Gasteiger partial charge in [-0.3, -0.25) is 9.59 Å². The summed E-state index contributed by atoms with van der Waals surface area (Å²) < 4.78 is 0. The summed E-state index contributed by atoms with van der Waals surface area (Å²) in [5, 5.41) is 21.6. The van der Waals surface area contributed by atoms with Gasteiger partial charge < -0.3 is 15.5 Å². The Labute approximate surface area is 114 Å². The van der Waals surface area contributed by atoms with E-state index in [4.69, 9.17) is 10.2 Å². The Bertz CT molecular complexity index is 482. The molecule has 1 aromatic rings. The molecule has 19 heavy (non-hydrogen) atoms. The molecule has 0 aliphatic carbocycles. The number of carbonyl (C=O) groups excluding carboxylic acids is 1. The highest BCUT2D eigenvalue weighted by molar-refractivity contribution is 7.12. The van der Waals surface area contributed by atoms with Crippen LogP contribution < -0.4 is 5.32 Å². The van der Waals surface area contributed by atoms with Crippen molar-refractivity contribution >= 4 is 29.2 Å². The lowest BCUT2D eigenvalue weighted by atomic mass is 10.1. The number of carboxylic acid groups (broad SMARTS) is 2. The number of hydrogen-bond donors (Lipinski definition) is 3. The third kappa shape index (κ3) is 4.36. The number of hydrogen-bond acceptors (Lipinski definition) is 4. The fourth-order valence-electron chi connectivity index (χ4n) is 1.56. The molecule has 6 nitrogen and oxygen atoms in total. The average Bonchev–Trinajstić information content (AvgIpc) is 2.81. The summed E-state index contributed by atoms with van der Waals surface area (Å²) in [6, 6.07) is 0.627. The van der Waals surface area contributed by atoms with Crippen molar-refractivity contribution in [2.75, 3.05) is 0 Å². The zero-order chi connectivity index (χ0) is 14.4. The predicted molar refractivity (Wildman–Crippen MR) is 69.5 cm³/mol. The third-order valence-corrected chi connectivity index (χ3v) is 3.54. The molecule has 0 radical (unpaired) electrons. The fraction of sp³-hybridized carbons (Fsp3) is 0.417. The largest absolute Gasteiger partial charge is 0.481 e. The van der Waals surface area contributed by atoms with Gasteiger partial charge in [-0.1, -0.05) is 6.92 Å². The fourth-order valence-corrected chi connectivity index (χ4v) is 2.46. The molecule has 0 bridgehead atoms. The first kappa shape index (κ1) is 15.2. The molecule has 1 amide bonds. The van der Waals surface area contributed by atoms with Crippen molar-refractivity contribution in [3.8, 4) is 0 Å². The molecule has 3 N–H and O–H groups in total. The lowest BCUT2D eigenvalue weighted by Crippen LogP contribution is -2.41. The van der Waals surface area contributed by atoms with Crippen molar-refractivity contribution < 1.29 is 24.6 Å². The highest BCUT2D eigenvalue weighted by Crippen LogP contribution is 2.17. The Morgan fingerprint density at radius 2 is 2.05 bits per heavy atom. The Balaban J connectivity index is 2.71. The molecule has 7 heteroatoms. The van der Waals surface area contributed by atoms with Crippen LogP contribution in [0.4, 0.5) is 0 Å². The molecule has 0 aromatic carbocycles. The number of carboxylic acids is 2. The number of rotatable bonds is 7. The molecule has 1 aromatic heterocycles. The van der Waals surface area contributed by atoms with Crippen LogP contribution in [0.25, 0.3) is 0 Å². The van der Waals surface area contributed by atoms with Crippen LogP contribution in [-0.4, -0.2) is 34.1 Å². The molecule has 1 rings (SSSR count). The van der Waals surface area contributed by atoms with Crippen molar-refractivity contribution in [1.29, 1.82) is 0 Å². The highest BCUT2D eigenvalue weighted by atomic mass is 32.1. The van der Waals surface area contributed by atoms with E-state index in [1.54, 1.807) is 5.38 Å². The topological polar surface area (TPSA) is 104 Å². The number of aryl methyl sites for hydroxylation is 1. The number of amides is 1. The highest BCUT2D eigenvalue weighted by Gasteiger charge is 2.23. The standard InChI is InChI=1S/C12H15NO5S/c1-2-7-5-6-19-10(7)11(16)13-8(12(17)18)3-4-9(14)15/h5-6,8H,2-4H2,1H3,(H,13,16)(H,14,15)(H,17,18)/t8-/m0/s1. The second-order valence-corrected chi connectivity index (χ2v) is 4.84. The average molecular weight is 285 g/mol. The molecule has 0 aliphatic rings. The van der Waals surface area contributed by atoms with E-state index in [-0.39, 0.29) is 12.8 Å². The summed E-state index contributed by atoms with van der Waals surface area (Å²) in [5.74, 6) is -2.79. The first-order chi connectivity index (χ1) is 8.95. The van der Waals surface area contributed by atoms with Crippen LogP contribution in [0.5, 0.6) is 0 Å². The van der Waals surface area contributed by atoms with Gasteiger partial charge >= 0.3 is 11.9 Å². The lowest BCUT2D eigenvalue weighted by molar-refractivity contribution is -0.140. The van der Waals surface area contributed by atoms with Gasteiger partial charge in [0.05, 0.1) is 4.88 Å². The van der Waals surface area contributed by atoms with E-state index in [0.29, 0.717) is 11.3 Å². The van der Waals surface area contributed by atoms with Gasteiger partial charge in [-0.05, 0) is 29.9 Å². The van der Waals surface area contributed by atoms with Gasteiger partial charge in [0, 0.05) is 6.42 Å². The molecule has 0 aliphatic heterocycles. The molecular formula is C12H15NO5S. The van der Waals surface area contributed by atoms with E-state index in [0.717, 1.165) is 5.56 Å². The third-order valence-electron chi connectivity index (χ3n) is 2.58. The zero-order valence-corrected chi connectivity index (χ0v) is 11.2. The lowest BCUT2D eigenvalue weighted by Gasteiger charge is -2.13. The van der Waals surface area contributed by atoms with Crippen LogP contribution in [-0.2, 0) is 16.0 Å². The van der Waals surface area contributed by atoms with E-state index < -0.39 is 23.9 Å². The Morgan fingerprint density at radius 3 is 2.58 bits per heavy atom. The molecule has 0 unspecified atom stereocenters. The van der Waals surface area contributed by atoms with Crippen LogP contribution in [0.15, 0.2) is 11.4 Å². The monoisotopic (exact) mass is 285 g/mol. The Kier molecular flexibility index (Phi) is 5.50. The number of carbonyl (C=O) groups is 3. The predicted octanol–water partition coefficient (Wildman–Crippen LogP) is 1.36. The first-order valence-electron chi connectivity index (χ1n) is 5.77. The van der Waals surface area contributed by atoms with Gasteiger partial charge in [-0.2, -0.15) is 0 Å². The van der Waals surface area contributed by atoms with Gasteiger partial charge in [0.25, 0.3) is 5.91 Å². The smallest absolute Gasteiger partial charge is 0.326 e. The van der Waals surface area contributed by atoms with Crippen LogP contribution in [0.3, 0.4) is 0 Å². The van der Waals surface area contributed by atoms with Gasteiger partial charge in [0.15, 0.2) is 0 Å². The minimum absolute atomic E-state index is 0.136.